The van der Waals surface area contributed by atoms with Gasteiger partial charge in [0, 0.05) is 6.20 Å². The van der Waals surface area contributed by atoms with Crippen molar-refractivity contribution >= 4 is 5.84 Å². The summed E-state index contributed by atoms with van der Waals surface area (Å²) in [5.74, 6) is -2.83. The van der Waals surface area contributed by atoms with Crippen LogP contribution in [0.3, 0.4) is 0 Å². The number of hydrogen-bond acceptors (Lipinski definition) is 4. The molecule has 2 rings (SSSR count). The van der Waals surface area contributed by atoms with E-state index < -0.39 is 11.6 Å². The van der Waals surface area contributed by atoms with E-state index >= 15 is 0 Å². The molecule has 0 aliphatic heterocycles. The Labute approximate surface area is 113 Å². The predicted molar refractivity (Wildman–Crippen MR) is 67.9 cm³/mol. The fraction of sp³-hybridized carbons (Fsp3) is 0.0769. The van der Waals surface area contributed by atoms with Crippen molar-refractivity contribution in [3.05, 3.63) is 53.2 Å². The maximum absolute atomic E-state index is 13.6. The summed E-state index contributed by atoms with van der Waals surface area (Å²) >= 11 is 0. The molecule has 0 saturated carbocycles. The predicted octanol–water partition coefficient (Wildman–Crippen LogP) is 2.56. The molecule has 1 aromatic heterocycles. The van der Waals surface area contributed by atoms with E-state index in [9.17, 15) is 8.78 Å². The van der Waals surface area contributed by atoms with Crippen molar-refractivity contribution in [2.75, 3.05) is 0 Å². The van der Waals surface area contributed by atoms with Gasteiger partial charge in [-0.25, -0.2) is 9.37 Å². The number of aromatic nitrogens is 1. The van der Waals surface area contributed by atoms with E-state index in [0.717, 1.165) is 6.07 Å². The van der Waals surface area contributed by atoms with Crippen molar-refractivity contribution in [3.8, 4) is 11.6 Å². The SMILES string of the molecule is Cc1ccnc(Oc2cccc(F)c2F)c1/C(N)=N/O. The van der Waals surface area contributed by atoms with Crippen LogP contribution in [0.15, 0.2) is 35.6 Å². The highest BCUT2D eigenvalue weighted by Crippen LogP contribution is 2.28. The number of benzene rings is 1. The van der Waals surface area contributed by atoms with E-state index in [0.29, 0.717) is 5.56 Å². The van der Waals surface area contributed by atoms with E-state index in [1.807, 2.05) is 0 Å². The van der Waals surface area contributed by atoms with Gasteiger partial charge < -0.3 is 15.7 Å². The summed E-state index contributed by atoms with van der Waals surface area (Å²) in [6.07, 6.45) is 1.41. The number of nitrogens with zero attached hydrogens (tertiary/aromatic N) is 2. The van der Waals surface area contributed by atoms with Gasteiger partial charge in [0.2, 0.25) is 11.7 Å². The molecule has 1 heterocycles. The first kappa shape index (κ1) is 13.7. The molecule has 0 radical (unpaired) electrons. The quantitative estimate of drug-likeness (QED) is 0.391. The number of aryl methyl sites for hydroxylation is 1. The molecule has 104 valence electrons. The third kappa shape index (κ3) is 2.51. The van der Waals surface area contributed by atoms with Gasteiger partial charge in [-0.3, -0.25) is 0 Å². The lowest BCUT2D eigenvalue weighted by molar-refractivity contribution is 0.318. The Morgan fingerprint density at radius 1 is 1.35 bits per heavy atom. The van der Waals surface area contributed by atoms with Crippen LogP contribution in [0.4, 0.5) is 8.78 Å². The van der Waals surface area contributed by atoms with Crippen molar-refractivity contribution < 1.29 is 18.7 Å². The molecule has 0 unspecified atom stereocenters. The van der Waals surface area contributed by atoms with Crippen molar-refractivity contribution in [3.63, 3.8) is 0 Å². The van der Waals surface area contributed by atoms with Gasteiger partial charge >= 0.3 is 0 Å². The molecule has 0 amide bonds. The standard InChI is InChI=1S/C13H11F2N3O2/c1-7-5-6-17-13(10(7)12(16)18-19)20-9-4-2-3-8(14)11(9)15/h2-6,19H,1H3,(H2,16,18). The van der Waals surface area contributed by atoms with Crippen LogP contribution in [0.5, 0.6) is 11.6 Å². The lowest BCUT2D eigenvalue weighted by Gasteiger charge is -2.11. The van der Waals surface area contributed by atoms with Gasteiger partial charge in [-0.05, 0) is 30.7 Å². The number of rotatable bonds is 3. The first-order valence-corrected chi connectivity index (χ1v) is 5.60. The zero-order valence-electron chi connectivity index (χ0n) is 10.5. The highest BCUT2D eigenvalue weighted by atomic mass is 19.2. The van der Waals surface area contributed by atoms with Gasteiger partial charge in [0.15, 0.2) is 17.4 Å². The van der Waals surface area contributed by atoms with E-state index in [1.165, 1.54) is 18.3 Å². The highest BCUT2D eigenvalue weighted by molar-refractivity contribution is 6.00. The first-order chi connectivity index (χ1) is 9.54. The second-order valence-corrected chi connectivity index (χ2v) is 3.95. The van der Waals surface area contributed by atoms with Gasteiger partial charge in [0.1, 0.15) is 0 Å². The monoisotopic (exact) mass is 279 g/mol. The van der Waals surface area contributed by atoms with E-state index in [-0.39, 0.29) is 23.0 Å². The van der Waals surface area contributed by atoms with Crippen molar-refractivity contribution in [2.45, 2.75) is 6.92 Å². The molecule has 20 heavy (non-hydrogen) atoms. The van der Waals surface area contributed by atoms with Crippen molar-refractivity contribution in [2.24, 2.45) is 10.9 Å². The topological polar surface area (TPSA) is 80.7 Å². The third-order valence-electron chi connectivity index (χ3n) is 2.61. The van der Waals surface area contributed by atoms with E-state index in [2.05, 4.69) is 10.1 Å². The molecule has 0 bridgehead atoms. The lowest BCUT2D eigenvalue weighted by Crippen LogP contribution is -2.16. The Hall–Kier alpha value is -2.70. The van der Waals surface area contributed by atoms with E-state index in [1.54, 1.807) is 13.0 Å². The highest BCUT2D eigenvalue weighted by Gasteiger charge is 2.16. The summed E-state index contributed by atoms with van der Waals surface area (Å²) in [6, 6.07) is 5.13. The number of ether oxygens (including phenoxy) is 1. The molecule has 2 aromatic rings. The number of oxime groups is 1. The van der Waals surface area contributed by atoms with Crippen LogP contribution >= 0.6 is 0 Å². The van der Waals surface area contributed by atoms with E-state index in [4.69, 9.17) is 15.7 Å². The van der Waals surface area contributed by atoms with Crippen molar-refractivity contribution in [1.82, 2.24) is 4.98 Å². The molecule has 1 aromatic carbocycles. The first-order valence-electron chi connectivity index (χ1n) is 5.60. The fourth-order valence-corrected chi connectivity index (χ4v) is 1.64. The Bertz CT molecular complexity index is 675. The summed E-state index contributed by atoms with van der Waals surface area (Å²) in [5, 5.41) is 11.6. The minimum Gasteiger partial charge on any atom is -0.435 e. The number of nitrogens with two attached hydrogens (primary N) is 1. The smallest absolute Gasteiger partial charge is 0.230 e. The van der Waals surface area contributed by atoms with Gasteiger partial charge in [-0.1, -0.05) is 11.2 Å². The molecule has 0 aliphatic carbocycles. The Kier molecular flexibility index (Phi) is 3.79. The van der Waals surface area contributed by atoms with Crippen LogP contribution in [-0.4, -0.2) is 16.0 Å². The zero-order valence-corrected chi connectivity index (χ0v) is 10.5. The van der Waals surface area contributed by atoms with Crippen LogP contribution < -0.4 is 10.5 Å². The Morgan fingerprint density at radius 3 is 2.80 bits per heavy atom. The largest absolute Gasteiger partial charge is 0.435 e. The number of halogens is 2. The summed E-state index contributed by atoms with van der Waals surface area (Å²) in [4.78, 5) is 3.89. The summed E-state index contributed by atoms with van der Waals surface area (Å²) in [5.41, 5.74) is 6.35. The average Bonchev–Trinajstić information content (AvgIpc) is 2.43. The molecule has 5 nitrogen and oxygen atoms in total. The molecule has 0 spiro atoms. The average molecular weight is 279 g/mol. The normalized spacial score (nSPS) is 11.4. The maximum atomic E-state index is 13.6. The Morgan fingerprint density at radius 2 is 2.10 bits per heavy atom. The van der Waals surface area contributed by atoms with Crippen LogP contribution in [0.2, 0.25) is 0 Å². The minimum atomic E-state index is -1.14. The van der Waals surface area contributed by atoms with Crippen molar-refractivity contribution in [1.29, 1.82) is 0 Å². The van der Waals surface area contributed by atoms with Crippen LogP contribution in [0.25, 0.3) is 0 Å². The second kappa shape index (κ2) is 5.52. The molecular weight excluding hydrogens is 268 g/mol. The number of pyridine rings is 1. The fourth-order valence-electron chi connectivity index (χ4n) is 1.64. The van der Waals surface area contributed by atoms with Crippen LogP contribution in [0.1, 0.15) is 11.1 Å². The summed E-state index contributed by atoms with van der Waals surface area (Å²) in [7, 11) is 0. The molecule has 0 aliphatic rings. The molecule has 3 N–H and O–H groups in total. The molecule has 0 saturated heterocycles. The van der Waals surface area contributed by atoms with Gasteiger partial charge in [0.05, 0.1) is 5.56 Å². The minimum absolute atomic E-state index is 0.0789. The van der Waals surface area contributed by atoms with Crippen LogP contribution in [-0.2, 0) is 0 Å². The maximum Gasteiger partial charge on any atom is 0.230 e. The Balaban J connectivity index is 2.49. The second-order valence-electron chi connectivity index (χ2n) is 3.95. The number of hydrogen-bond donors (Lipinski definition) is 2. The number of amidine groups is 1. The third-order valence-corrected chi connectivity index (χ3v) is 2.61. The van der Waals surface area contributed by atoms with Gasteiger partial charge in [0.25, 0.3) is 0 Å². The molecule has 0 fully saturated rings. The van der Waals surface area contributed by atoms with Gasteiger partial charge in [-0.2, -0.15) is 4.39 Å². The lowest BCUT2D eigenvalue weighted by atomic mass is 10.1. The zero-order chi connectivity index (χ0) is 14.7. The molecule has 7 heteroatoms. The van der Waals surface area contributed by atoms with Gasteiger partial charge in [-0.15, -0.1) is 0 Å². The summed E-state index contributed by atoms with van der Waals surface area (Å²) in [6.45, 7) is 1.68. The van der Waals surface area contributed by atoms with Crippen LogP contribution in [0, 0.1) is 18.6 Å². The summed E-state index contributed by atoms with van der Waals surface area (Å²) < 4.78 is 31.9. The molecule has 0 atom stereocenters. The molecular formula is C13H11F2N3O2.